The standard InChI is InChI=1S/C3H8BNO2/c5-3-1-2-4(6)7/h3,5-7H,1-2H2. The summed E-state index contributed by atoms with van der Waals surface area (Å²) in [6.45, 7) is 0. The molecule has 3 N–H and O–H groups in total. The molecule has 0 aromatic carbocycles. The maximum absolute atomic E-state index is 8.14. The number of hydrogen-bond acceptors (Lipinski definition) is 3. The minimum Gasteiger partial charge on any atom is -0.427 e. The molecule has 0 unspecified atom stereocenters. The molecule has 4 heteroatoms. The van der Waals surface area contributed by atoms with Gasteiger partial charge in [-0.1, -0.05) is 0 Å². The molecule has 0 spiro atoms. The van der Waals surface area contributed by atoms with Crippen molar-refractivity contribution in [1.82, 2.24) is 0 Å². The molecule has 0 aromatic heterocycles. The second-order valence-corrected chi connectivity index (χ2v) is 1.26. The van der Waals surface area contributed by atoms with E-state index in [0.29, 0.717) is 6.42 Å². The topological polar surface area (TPSA) is 64.3 Å². The van der Waals surface area contributed by atoms with E-state index in [0.717, 1.165) is 6.21 Å². The lowest BCUT2D eigenvalue weighted by Crippen LogP contribution is -2.09. The smallest absolute Gasteiger partial charge is 0.427 e. The van der Waals surface area contributed by atoms with Crippen molar-refractivity contribution in [1.29, 1.82) is 5.41 Å². The maximum Gasteiger partial charge on any atom is 0.451 e. The van der Waals surface area contributed by atoms with E-state index in [1.54, 1.807) is 0 Å². The zero-order chi connectivity index (χ0) is 5.70. The van der Waals surface area contributed by atoms with Gasteiger partial charge in [0.2, 0.25) is 0 Å². The summed E-state index contributed by atoms with van der Waals surface area (Å²) >= 11 is 0. The molecule has 0 heterocycles. The summed E-state index contributed by atoms with van der Waals surface area (Å²) in [5.74, 6) is 0. The molecule has 7 heavy (non-hydrogen) atoms. The fourth-order valence-corrected chi connectivity index (χ4v) is 0.232. The molecule has 0 atom stereocenters. The second kappa shape index (κ2) is 3.83. The second-order valence-electron chi connectivity index (χ2n) is 1.26. The summed E-state index contributed by atoms with van der Waals surface area (Å²) in [7, 11) is -1.25. The molecule has 0 aliphatic heterocycles. The van der Waals surface area contributed by atoms with Crippen LogP contribution in [0.3, 0.4) is 0 Å². The Morgan fingerprint density at radius 1 is 1.57 bits per heavy atom. The van der Waals surface area contributed by atoms with Crippen LogP contribution in [-0.2, 0) is 0 Å². The lowest BCUT2D eigenvalue weighted by molar-refractivity contribution is 0.406. The van der Waals surface area contributed by atoms with Gasteiger partial charge in [0.1, 0.15) is 0 Å². The number of hydrogen-bond donors (Lipinski definition) is 3. The highest BCUT2D eigenvalue weighted by atomic mass is 16.4. The Kier molecular flexibility index (Phi) is 3.64. The van der Waals surface area contributed by atoms with Crippen LogP contribution in [0.4, 0.5) is 0 Å². The molecule has 0 amide bonds. The Morgan fingerprint density at radius 2 is 2.14 bits per heavy atom. The highest BCUT2D eigenvalue weighted by Crippen LogP contribution is 1.85. The van der Waals surface area contributed by atoms with Crippen molar-refractivity contribution in [2.45, 2.75) is 12.7 Å². The number of nitrogens with one attached hydrogen (secondary N) is 1. The van der Waals surface area contributed by atoms with E-state index in [9.17, 15) is 0 Å². The van der Waals surface area contributed by atoms with Crippen LogP contribution < -0.4 is 0 Å². The Balaban J connectivity index is 2.81. The average Bonchev–Trinajstić information content (AvgIpc) is 1.61. The summed E-state index contributed by atoms with van der Waals surface area (Å²) in [6, 6.07) is 0. The molecule has 3 nitrogen and oxygen atoms in total. The van der Waals surface area contributed by atoms with Crippen molar-refractivity contribution in [2.24, 2.45) is 0 Å². The molecular weight excluding hydrogens is 92.8 g/mol. The molecule has 0 bridgehead atoms. The van der Waals surface area contributed by atoms with Crippen molar-refractivity contribution in [3.8, 4) is 0 Å². The summed E-state index contributed by atoms with van der Waals surface area (Å²) in [6.07, 6.45) is 1.86. The van der Waals surface area contributed by atoms with E-state index in [-0.39, 0.29) is 6.32 Å². The van der Waals surface area contributed by atoms with Crippen molar-refractivity contribution in [3.05, 3.63) is 0 Å². The van der Waals surface area contributed by atoms with E-state index in [1.807, 2.05) is 0 Å². The van der Waals surface area contributed by atoms with E-state index in [1.165, 1.54) is 0 Å². The predicted molar refractivity (Wildman–Crippen MR) is 28.4 cm³/mol. The third-order valence-electron chi connectivity index (χ3n) is 0.569. The van der Waals surface area contributed by atoms with Crippen LogP contribution >= 0.6 is 0 Å². The van der Waals surface area contributed by atoms with Crippen LogP contribution in [0.15, 0.2) is 0 Å². The molecule has 0 saturated carbocycles. The average molecular weight is 101 g/mol. The van der Waals surface area contributed by atoms with Crippen LogP contribution in [0.25, 0.3) is 0 Å². The SMILES string of the molecule is N=CCCB(O)O. The third kappa shape index (κ3) is 5.65. The maximum atomic E-state index is 8.14. The molecule has 0 radical (unpaired) electrons. The monoisotopic (exact) mass is 101 g/mol. The zero-order valence-electron chi connectivity index (χ0n) is 3.96. The van der Waals surface area contributed by atoms with Crippen molar-refractivity contribution < 1.29 is 10.0 Å². The quantitative estimate of drug-likeness (QED) is 0.331. The fraction of sp³-hybridized carbons (Fsp3) is 0.667. The van der Waals surface area contributed by atoms with Crippen molar-refractivity contribution in [2.75, 3.05) is 0 Å². The lowest BCUT2D eigenvalue weighted by Gasteiger charge is -1.88. The first-order chi connectivity index (χ1) is 3.27. The summed E-state index contributed by atoms with van der Waals surface area (Å²) in [4.78, 5) is 0. The van der Waals surface area contributed by atoms with Gasteiger partial charge >= 0.3 is 7.12 Å². The summed E-state index contributed by atoms with van der Waals surface area (Å²) in [5, 5.41) is 22.7. The van der Waals surface area contributed by atoms with Crippen LogP contribution in [0.2, 0.25) is 6.32 Å². The highest BCUT2D eigenvalue weighted by molar-refractivity contribution is 6.41. The summed E-state index contributed by atoms with van der Waals surface area (Å²) in [5.41, 5.74) is 0. The minimum atomic E-state index is -1.25. The fourth-order valence-electron chi connectivity index (χ4n) is 0.232. The van der Waals surface area contributed by atoms with Gasteiger partial charge in [-0.25, -0.2) is 0 Å². The van der Waals surface area contributed by atoms with Crippen LogP contribution in [-0.4, -0.2) is 23.4 Å². The Bertz CT molecular complexity index is 56.9. The highest BCUT2D eigenvalue weighted by Gasteiger charge is 2.01. The Labute approximate surface area is 42.6 Å². The Hall–Kier alpha value is -0.345. The van der Waals surface area contributed by atoms with Gasteiger partial charge in [0.25, 0.3) is 0 Å². The molecule has 0 saturated heterocycles. The van der Waals surface area contributed by atoms with Gasteiger partial charge in [0.15, 0.2) is 0 Å². The van der Waals surface area contributed by atoms with Crippen molar-refractivity contribution >= 4 is 13.3 Å². The molecule has 0 aliphatic carbocycles. The van der Waals surface area contributed by atoms with E-state index < -0.39 is 7.12 Å². The first kappa shape index (κ1) is 6.65. The molecule has 40 valence electrons. The van der Waals surface area contributed by atoms with E-state index in [4.69, 9.17) is 15.5 Å². The normalized spacial score (nSPS) is 8.29. The van der Waals surface area contributed by atoms with Gasteiger partial charge < -0.3 is 15.5 Å². The first-order valence-corrected chi connectivity index (χ1v) is 2.12. The van der Waals surface area contributed by atoms with Gasteiger partial charge in [-0.2, -0.15) is 0 Å². The van der Waals surface area contributed by atoms with Crippen LogP contribution in [0, 0.1) is 5.41 Å². The first-order valence-electron chi connectivity index (χ1n) is 2.12. The lowest BCUT2D eigenvalue weighted by atomic mass is 9.85. The predicted octanol–water partition coefficient (Wildman–Crippen LogP) is -0.501. The molecular formula is C3H8BNO2. The molecule has 0 rings (SSSR count). The van der Waals surface area contributed by atoms with Gasteiger partial charge in [0.05, 0.1) is 0 Å². The Morgan fingerprint density at radius 3 is 2.29 bits per heavy atom. The zero-order valence-corrected chi connectivity index (χ0v) is 3.96. The summed E-state index contributed by atoms with van der Waals surface area (Å²) < 4.78 is 0. The third-order valence-corrected chi connectivity index (χ3v) is 0.569. The molecule has 0 fully saturated rings. The van der Waals surface area contributed by atoms with E-state index in [2.05, 4.69) is 0 Å². The van der Waals surface area contributed by atoms with Crippen LogP contribution in [0.1, 0.15) is 6.42 Å². The van der Waals surface area contributed by atoms with Gasteiger partial charge in [-0.3, -0.25) is 0 Å². The van der Waals surface area contributed by atoms with Crippen molar-refractivity contribution in [3.63, 3.8) is 0 Å². The number of rotatable bonds is 3. The van der Waals surface area contributed by atoms with Gasteiger partial charge in [-0.15, -0.1) is 0 Å². The van der Waals surface area contributed by atoms with Gasteiger partial charge in [0, 0.05) is 0 Å². The molecule has 0 aliphatic rings. The van der Waals surface area contributed by atoms with Crippen LogP contribution in [0.5, 0.6) is 0 Å². The van der Waals surface area contributed by atoms with Gasteiger partial charge in [-0.05, 0) is 19.0 Å². The minimum absolute atomic E-state index is 0.267. The van der Waals surface area contributed by atoms with E-state index >= 15 is 0 Å². The largest absolute Gasteiger partial charge is 0.451 e. The molecule has 0 aromatic rings.